The number of hydrogen-bond acceptors (Lipinski definition) is 4. The van der Waals surface area contributed by atoms with Crippen LogP contribution < -0.4 is 0 Å². The molecule has 0 aliphatic rings. The average Bonchev–Trinajstić information content (AvgIpc) is 3.39. The molecule has 0 aliphatic carbocycles. The molecule has 5 rings (SSSR count). The maximum atomic E-state index is 14.1. The first-order valence-corrected chi connectivity index (χ1v) is 16.4. The fourth-order valence-electron chi connectivity index (χ4n) is 6.33. The highest BCUT2D eigenvalue weighted by Gasteiger charge is 2.39. The zero-order valence-electron chi connectivity index (χ0n) is 27.7. The van der Waals surface area contributed by atoms with Crippen molar-refractivity contribution < 1.29 is 32.0 Å². The lowest BCUT2D eigenvalue weighted by molar-refractivity contribution is -0.140. The lowest BCUT2D eigenvalue weighted by Crippen LogP contribution is -2.26. The van der Waals surface area contributed by atoms with Gasteiger partial charge in [-0.3, -0.25) is 4.79 Å². The molecule has 5 aromatic rings. The fraction of sp³-hybridized carbons (Fsp3) is 0.359. The Labute approximate surface area is 277 Å². The Morgan fingerprint density at radius 1 is 0.875 bits per heavy atom. The summed E-state index contributed by atoms with van der Waals surface area (Å²) in [7, 11) is 0. The lowest BCUT2D eigenvalue weighted by Gasteiger charge is -2.18. The van der Waals surface area contributed by atoms with Gasteiger partial charge >= 0.3 is 18.3 Å². The number of oxime groups is 1. The third kappa shape index (κ3) is 7.30. The maximum absolute atomic E-state index is 14.1. The third-order valence-corrected chi connectivity index (χ3v) is 9.10. The second-order valence-corrected chi connectivity index (χ2v) is 12.5. The molecule has 1 aromatic heterocycles. The number of rotatable bonds is 14. The van der Waals surface area contributed by atoms with E-state index in [0.29, 0.717) is 28.3 Å². The molecule has 0 bridgehead atoms. The number of halogens is 4. The highest BCUT2D eigenvalue weighted by molar-refractivity contribution is 6.26. The van der Waals surface area contributed by atoms with Crippen molar-refractivity contribution in [2.75, 3.05) is 0 Å². The summed E-state index contributed by atoms with van der Waals surface area (Å²) in [5.74, 6) is -4.37. The second kappa shape index (κ2) is 14.7. The van der Waals surface area contributed by atoms with E-state index in [4.69, 9.17) is 4.84 Å². The van der Waals surface area contributed by atoms with Gasteiger partial charge in [-0.15, -0.1) is 0 Å². The van der Waals surface area contributed by atoms with Crippen molar-refractivity contribution >= 4 is 50.0 Å². The first kappa shape index (κ1) is 34.8. The fourth-order valence-corrected chi connectivity index (χ4v) is 6.33. The Hall–Kier alpha value is -4.53. The number of nitrogens with zero attached hydrogens (tertiary/aromatic N) is 2. The van der Waals surface area contributed by atoms with Gasteiger partial charge in [-0.2, -0.15) is 0 Å². The van der Waals surface area contributed by atoms with E-state index in [1.54, 1.807) is 31.2 Å². The molecule has 9 heteroatoms. The topological polar surface area (TPSA) is 60.7 Å². The maximum Gasteiger partial charge on any atom is 0.331 e. The lowest BCUT2D eigenvalue weighted by atomic mass is 9.93. The second-order valence-electron chi connectivity index (χ2n) is 12.5. The van der Waals surface area contributed by atoms with Crippen LogP contribution >= 0.6 is 0 Å². The highest BCUT2D eigenvalue weighted by Crippen LogP contribution is 2.39. The molecule has 4 aromatic carbocycles. The largest absolute Gasteiger partial charge is 0.340 e. The SMILES string of the molecule is CCCCC(CC)Cn1c2ccc(/C(C)=N\OC(C)=O)cc2c2cc(C(=O)c3ccc(CCC(F)(F)C(F)F)cc3)c3ccccc3c21. The third-order valence-electron chi connectivity index (χ3n) is 9.10. The molecule has 48 heavy (non-hydrogen) atoms. The average molecular weight is 661 g/mol. The first-order valence-electron chi connectivity index (χ1n) is 16.4. The van der Waals surface area contributed by atoms with Gasteiger partial charge in [0.1, 0.15) is 0 Å². The van der Waals surface area contributed by atoms with E-state index in [1.165, 1.54) is 6.92 Å². The molecular formula is C39H40F4N2O3. The van der Waals surface area contributed by atoms with Crippen molar-refractivity contribution in [1.82, 2.24) is 4.57 Å². The Morgan fingerprint density at radius 3 is 2.21 bits per heavy atom. The standard InChI is InChI=1S/C39H40F4N2O3/c1-5-7-10-26(6-2)23-45-35-18-17-29(24(3)44-48-25(4)46)21-32(35)33-22-34(30-11-8-9-12-31(30)36(33)45)37(47)28-15-13-27(14-16-28)19-20-39(42,43)38(40)41/h8-9,11-18,21-22,26,38H,5-7,10,19-20,23H2,1-4H3/b44-24-. The molecule has 0 saturated carbocycles. The predicted octanol–water partition coefficient (Wildman–Crippen LogP) is 10.5. The van der Waals surface area contributed by atoms with Crippen LogP contribution in [0.5, 0.6) is 0 Å². The number of unbranched alkanes of at least 4 members (excludes halogenated alkanes) is 1. The number of carbonyl (C=O) groups is 2. The van der Waals surface area contributed by atoms with Crippen molar-refractivity contribution in [3.63, 3.8) is 0 Å². The summed E-state index contributed by atoms with van der Waals surface area (Å²) >= 11 is 0. The summed E-state index contributed by atoms with van der Waals surface area (Å²) in [6.07, 6.45) is -0.558. The Kier molecular flexibility index (Phi) is 10.7. The number of aryl methyl sites for hydroxylation is 1. The summed E-state index contributed by atoms with van der Waals surface area (Å²) < 4.78 is 54.7. The summed E-state index contributed by atoms with van der Waals surface area (Å²) in [5.41, 5.74) is 4.65. The minimum atomic E-state index is -4.07. The zero-order chi connectivity index (χ0) is 34.6. The van der Waals surface area contributed by atoms with Crippen LogP contribution in [0.25, 0.3) is 32.6 Å². The van der Waals surface area contributed by atoms with Crippen molar-refractivity contribution in [2.24, 2.45) is 11.1 Å². The van der Waals surface area contributed by atoms with Gasteiger partial charge in [0, 0.05) is 52.7 Å². The van der Waals surface area contributed by atoms with E-state index in [-0.39, 0.29) is 12.2 Å². The predicted molar refractivity (Wildman–Crippen MR) is 183 cm³/mol. The number of fused-ring (bicyclic) bond motifs is 5. The minimum Gasteiger partial charge on any atom is -0.340 e. The van der Waals surface area contributed by atoms with Crippen molar-refractivity contribution in [1.29, 1.82) is 0 Å². The van der Waals surface area contributed by atoms with E-state index in [9.17, 15) is 27.2 Å². The van der Waals surface area contributed by atoms with Gasteiger partial charge in [0.2, 0.25) is 0 Å². The number of aromatic nitrogens is 1. The van der Waals surface area contributed by atoms with Gasteiger partial charge in [0.05, 0.1) is 11.2 Å². The van der Waals surface area contributed by atoms with Crippen LogP contribution in [0.3, 0.4) is 0 Å². The van der Waals surface area contributed by atoms with Crippen LogP contribution in [0.4, 0.5) is 17.6 Å². The van der Waals surface area contributed by atoms with Gasteiger partial charge in [0.25, 0.3) is 0 Å². The van der Waals surface area contributed by atoms with Crippen molar-refractivity contribution in [3.8, 4) is 0 Å². The van der Waals surface area contributed by atoms with Crippen LogP contribution in [-0.4, -0.2) is 34.4 Å². The Balaban J connectivity index is 1.66. The molecule has 0 aliphatic heterocycles. The molecule has 0 spiro atoms. The van der Waals surface area contributed by atoms with E-state index >= 15 is 0 Å². The molecule has 1 unspecified atom stereocenters. The molecular weight excluding hydrogens is 620 g/mol. The number of ketones is 1. The number of hydrogen-bond donors (Lipinski definition) is 0. The van der Waals surface area contributed by atoms with Gasteiger partial charge in [-0.1, -0.05) is 92.9 Å². The molecule has 0 radical (unpaired) electrons. The molecule has 0 fully saturated rings. The van der Waals surface area contributed by atoms with E-state index in [1.807, 2.05) is 42.5 Å². The van der Waals surface area contributed by atoms with Gasteiger partial charge in [0.15, 0.2) is 5.78 Å². The summed E-state index contributed by atoms with van der Waals surface area (Å²) in [5, 5.41) is 7.53. The van der Waals surface area contributed by atoms with E-state index in [0.717, 1.165) is 70.4 Å². The molecule has 5 nitrogen and oxygen atoms in total. The highest BCUT2D eigenvalue weighted by atomic mass is 19.3. The molecule has 1 heterocycles. The van der Waals surface area contributed by atoms with Crippen LogP contribution in [0, 0.1) is 5.92 Å². The summed E-state index contributed by atoms with van der Waals surface area (Å²) in [6.45, 7) is 8.27. The minimum absolute atomic E-state index is 0.236. The monoisotopic (exact) mass is 660 g/mol. The summed E-state index contributed by atoms with van der Waals surface area (Å²) in [4.78, 5) is 30.5. The number of alkyl halides is 4. The molecule has 0 saturated heterocycles. The van der Waals surface area contributed by atoms with Gasteiger partial charge < -0.3 is 9.40 Å². The summed E-state index contributed by atoms with van der Waals surface area (Å²) in [6, 6.07) is 22.0. The zero-order valence-corrected chi connectivity index (χ0v) is 27.7. The van der Waals surface area contributed by atoms with Crippen molar-refractivity contribution in [2.45, 2.75) is 85.1 Å². The molecule has 1 atom stereocenters. The van der Waals surface area contributed by atoms with Gasteiger partial charge in [-0.05, 0) is 60.4 Å². The Bertz CT molecular complexity index is 1980. The van der Waals surface area contributed by atoms with E-state index in [2.05, 4.69) is 29.6 Å². The number of benzene rings is 4. The molecule has 252 valence electrons. The smallest absolute Gasteiger partial charge is 0.331 e. The van der Waals surface area contributed by atoms with Crippen LogP contribution in [0.1, 0.15) is 86.8 Å². The quantitative estimate of drug-likeness (QED) is 0.0392. The Morgan fingerprint density at radius 2 is 1.56 bits per heavy atom. The van der Waals surface area contributed by atoms with Crippen LogP contribution in [0.2, 0.25) is 0 Å². The van der Waals surface area contributed by atoms with Gasteiger partial charge in [-0.25, -0.2) is 22.4 Å². The van der Waals surface area contributed by atoms with Crippen LogP contribution in [0.15, 0.2) is 78.0 Å². The normalized spacial score (nSPS) is 13.1. The molecule has 0 N–H and O–H groups in total. The van der Waals surface area contributed by atoms with Crippen molar-refractivity contribution in [3.05, 3.63) is 95.1 Å². The van der Waals surface area contributed by atoms with Crippen LogP contribution in [-0.2, 0) is 22.6 Å². The molecule has 0 amide bonds. The number of carbonyl (C=O) groups excluding carboxylic acids is 2. The first-order chi connectivity index (χ1) is 22.9. The van der Waals surface area contributed by atoms with E-state index < -0.39 is 24.7 Å².